The summed E-state index contributed by atoms with van der Waals surface area (Å²) < 4.78 is 65.4. The standard InChI is InChI=1S/C24H25F4N5O3S/c1-13-8-29-22(37-13)19-7-16(36-12-17-11-33(3)4-5-35-17)6-18(20(19)25)21(34)32-14(2)15-9-30-23(31-10-15)24(26,27)28/h6-10,14,17H,4-5,11-12H2,1-3H3,(H,32,34)/t14-,17?/m1/s1. The number of thiazole rings is 1. The fourth-order valence-corrected chi connectivity index (χ4v) is 4.48. The number of benzene rings is 1. The second-order valence-electron chi connectivity index (χ2n) is 8.71. The second kappa shape index (κ2) is 11.1. The van der Waals surface area contributed by atoms with Gasteiger partial charge in [-0.05, 0) is 33.0 Å². The molecule has 0 bridgehead atoms. The van der Waals surface area contributed by atoms with E-state index in [0.717, 1.165) is 23.8 Å². The van der Waals surface area contributed by atoms with E-state index in [1.807, 2.05) is 14.0 Å². The molecule has 0 saturated carbocycles. The van der Waals surface area contributed by atoms with Crippen molar-refractivity contribution in [2.45, 2.75) is 32.2 Å². The van der Waals surface area contributed by atoms with Crippen LogP contribution >= 0.6 is 11.3 Å². The highest BCUT2D eigenvalue weighted by Crippen LogP contribution is 2.33. The molecule has 37 heavy (non-hydrogen) atoms. The lowest BCUT2D eigenvalue weighted by atomic mass is 10.1. The summed E-state index contributed by atoms with van der Waals surface area (Å²) in [6, 6.07) is 1.98. The molecule has 0 spiro atoms. The molecule has 1 N–H and O–H groups in total. The maximum Gasteiger partial charge on any atom is 0.451 e. The Morgan fingerprint density at radius 1 is 1.27 bits per heavy atom. The number of halogens is 4. The lowest BCUT2D eigenvalue weighted by Gasteiger charge is -2.29. The number of amides is 1. The molecule has 0 radical (unpaired) electrons. The molecule has 3 heterocycles. The largest absolute Gasteiger partial charge is 0.491 e. The van der Waals surface area contributed by atoms with Crippen LogP contribution in [0.2, 0.25) is 0 Å². The molecule has 1 saturated heterocycles. The van der Waals surface area contributed by atoms with E-state index in [0.29, 0.717) is 18.2 Å². The van der Waals surface area contributed by atoms with Crippen LogP contribution in [-0.4, -0.2) is 65.2 Å². The Balaban J connectivity index is 1.57. The first-order valence-electron chi connectivity index (χ1n) is 11.4. The first-order valence-corrected chi connectivity index (χ1v) is 12.2. The summed E-state index contributed by atoms with van der Waals surface area (Å²) in [6.07, 6.45) is -1.32. The lowest BCUT2D eigenvalue weighted by molar-refractivity contribution is -0.145. The number of hydrogen-bond donors (Lipinski definition) is 1. The van der Waals surface area contributed by atoms with Gasteiger partial charge in [-0.3, -0.25) is 4.79 Å². The van der Waals surface area contributed by atoms with E-state index in [1.54, 1.807) is 6.20 Å². The predicted molar refractivity (Wildman–Crippen MR) is 128 cm³/mol. The van der Waals surface area contributed by atoms with Crippen LogP contribution < -0.4 is 10.1 Å². The Bertz CT molecular complexity index is 1250. The number of likely N-dealkylation sites (N-methyl/N-ethyl adjacent to an activating group) is 1. The third kappa shape index (κ3) is 6.59. The highest BCUT2D eigenvalue weighted by molar-refractivity contribution is 7.14. The summed E-state index contributed by atoms with van der Waals surface area (Å²) >= 11 is 1.27. The number of morpholine rings is 1. The van der Waals surface area contributed by atoms with E-state index in [4.69, 9.17) is 9.47 Å². The number of carbonyl (C=O) groups excluding carboxylic acids is 1. The van der Waals surface area contributed by atoms with Crippen molar-refractivity contribution in [1.29, 1.82) is 0 Å². The van der Waals surface area contributed by atoms with E-state index >= 15 is 4.39 Å². The molecule has 2 atom stereocenters. The smallest absolute Gasteiger partial charge is 0.451 e. The summed E-state index contributed by atoms with van der Waals surface area (Å²) in [5.41, 5.74) is 0.0400. The number of nitrogens with zero attached hydrogens (tertiary/aromatic N) is 4. The first-order chi connectivity index (χ1) is 17.5. The van der Waals surface area contributed by atoms with Gasteiger partial charge in [-0.1, -0.05) is 0 Å². The molecule has 1 aliphatic heterocycles. The van der Waals surface area contributed by atoms with Gasteiger partial charge in [-0.25, -0.2) is 19.3 Å². The fourth-order valence-electron chi connectivity index (χ4n) is 3.70. The molecule has 1 amide bonds. The zero-order chi connectivity index (χ0) is 26.7. The van der Waals surface area contributed by atoms with Crippen LogP contribution in [0.25, 0.3) is 10.6 Å². The maximum atomic E-state index is 15.6. The van der Waals surface area contributed by atoms with Crippen molar-refractivity contribution in [2.24, 2.45) is 0 Å². The van der Waals surface area contributed by atoms with E-state index < -0.39 is 29.8 Å². The van der Waals surface area contributed by atoms with Gasteiger partial charge in [0.1, 0.15) is 29.3 Å². The molecule has 1 aliphatic rings. The Morgan fingerprint density at radius 2 is 2.00 bits per heavy atom. The average molecular weight is 540 g/mol. The van der Waals surface area contributed by atoms with E-state index in [9.17, 15) is 18.0 Å². The van der Waals surface area contributed by atoms with Crippen LogP contribution in [0.15, 0.2) is 30.7 Å². The van der Waals surface area contributed by atoms with Crippen molar-refractivity contribution >= 4 is 17.2 Å². The zero-order valence-corrected chi connectivity index (χ0v) is 21.1. The minimum absolute atomic E-state index is 0.105. The summed E-state index contributed by atoms with van der Waals surface area (Å²) in [5.74, 6) is -2.60. The number of ether oxygens (including phenoxy) is 2. The van der Waals surface area contributed by atoms with Gasteiger partial charge in [-0.2, -0.15) is 13.2 Å². The molecule has 3 aromatic rings. The Morgan fingerprint density at radius 3 is 2.62 bits per heavy atom. The summed E-state index contributed by atoms with van der Waals surface area (Å²) in [7, 11) is 1.97. The van der Waals surface area contributed by atoms with Crippen LogP contribution in [0.3, 0.4) is 0 Å². The van der Waals surface area contributed by atoms with Gasteiger partial charge < -0.3 is 19.7 Å². The number of nitrogens with one attached hydrogen (secondary N) is 1. The van der Waals surface area contributed by atoms with Crippen LogP contribution in [0.4, 0.5) is 17.6 Å². The number of alkyl halides is 3. The highest BCUT2D eigenvalue weighted by Gasteiger charge is 2.34. The van der Waals surface area contributed by atoms with Crippen molar-refractivity contribution in [2.75, 3.05) is 33.4 Å². The van der Waals surface area contributed by atoms with Crippen LogP contribution in [0, 0.1) is 12.7 Å². The SMILES string of the molecule is Cc1cnc(-c2cc(OCC3CN(C)CCO3)cc(C(=O)N[C@H](C)c3cnc(C(F)(F)F)nc3)c2F)s1. The number of aromatic nitrogens is 3. The van der Waals surface area contributed by atoms with Gasteiger partial charge >= 0.3 is 6.18 Å². The zero-order valence-electron chi connectivity index (χ0n) is 20.3. The Labute approximate surface area is 214 Å². The van der Waals surface area contributed by atoms with Crippen molar-refractivity contribution in [3.05, 3.63) is 58.4 Å². The van der Waals surface area contributed by atoms with Crippen LogP contribution in [0.1, 0.15) is 39.6 Å². The van der Waals surface area contributed by atoms with Crippen molar-refractivity contribution in [3.8, 4) is 16.3 Å². The monoisotopic (exact) mass is 539 g/mol. The first kappa shape index (κ1) is 26.9. The van der Waals surface area contributed by atoms with Gasteiger partial charge in [-0.15, -0.1) is 11.3 Å². The molecule has 13 heteroatoms. The molecule has 1 aromatic carbocycles. The fraction of sp³-hybridized carbons (Fsp3) is 0.417. The number of carbonyl (C=O) groups is 1. The van der Waals surface area contributed by atoms with Crippen molar-refractivity contribution in [1.82, 2.24) is 25.2 Å². The number of aryl methyl sites for hydroxylation is 1. The Hall–Kier alpha value is -3.16. The van der Waals surface area contributed by atoms with Gasteiger partial charge in [0.25, 0.3) is 5.91 Å². The molecule has 1 unspecified atom stereocenters. The van der Waals surface area contributed by atoms with Crippen LogP contribution in [0.5, 0.6) is 5.75 Å². The third-order valence-electron chi connectivity index (χ3n) is 5.69. The molecule has 198 valence electrons. The van der Waals surface area contributed by atoms with E-state index in [-0.39, 0.29) is 35.2 Å². The predicted octanol–water partition coefficient (Wildman–Crippen LogP) is 4.27. The summed E-state index contributed by atoms with van der Waals surface area (Å²) in [5, 5.41) is 2.97. The Kier molecular flexibility index (Phi) is 8.05. The number of hydrogen-bond acceptors (Lipinski definition) is 8. The summed E-state index contributed by atoms with van der Waals surface area (Å²) in [6.45, 7) is 5.61. The number of rotatable bonds is 7. The van der Waals surface area contributed by atoms with Crippen molar-refractivity contribution in [3.63, 3.8) is 0 Å². The van der Waals surface area contributed by atoms with E-state index in [2.05, 4.69) is 25.2 Å². The molecule has 8 nitrogen and oxygen atoms in total. The lowest BCUT2D eigenvalue weighted by Crippen LogP contribution is -2.42. The molecule has 1 fully saturated rings. The molecular formula is C24H25F4N5O3S. The topological polar surface area (TPSA) is 89.5 Å². The molecule has 4 rings (SSSR count). The van der Waals surface area contributed by atoms with Crippen LogP contribution in [-0.2, 0) is 10.9 Å². The van der Waals surface area contributed by atoms with E-state index in [1.165, 1.54) is 30.4 Å². The minimum atomic E-state index is -4.68. The minimum Gasteiger partial charge on any atom is -0.491 e. The molecule has 0 aliphatic carbocycles. The normalized spacial score (nSPS) is 17.4. The van der Waals surface area contributed by atoms with Gasteiger partial charge in [0.05, 0.1) is 23.8 Å². The van der Waals surface area contributed by atoms with Crippen molar-refractivity contribution < 1.29 is 31.8 Å². The summed E-state index contributed by atoms with van der Waals surface area (Å²) in [4.78, 5) is 26.9. The average Bonchev–Trinajstić information content (AvgIpc) is 3.28. The van der Waals surface area contributed by atoms with Gasteiger partial charge in [0.15, 0.2) is 0 Å². The van der Waals surface area contributed by atoms with Gasteiger partial charge in [0.2, 0.25) is 5.82 Å². The second-order valence-corrected chi connectivity index (χ2v) is 9.94. The highest BCUT2D eigenvalue weighted by atomic mass is 32.1. The quantitative estimate of drug-likeness (QED) is 0.449. The molecular weight excluding hydrogens is 514 g/mol. The van der Waals surface area contributed by atoms with Gasteiger partial charge in [0, 0.05) is 42.1 Å². The molecule has 2 aromatic heterocycles. The maximum absolute atomic E-state index is 15.6. The third-order valence-corrected chi connectivity index (χ3v) is 6.64.